The molecule has 3 aromatic rings. The SMILES string of the molecule is CCOC(=O)c1[nH]c(C)c(C(=O)OCc2csc(-c3ccc(Cl)cc3)n2)c1C. The molecular weight excluding hydrogens is 400 g/mol. The smallest absolute Gasteiger partial charge is 0.355 e. The number of carbonyl (C=O) groups excluding carboxylic acids is 2. The van der Waals surface area contributed by atoms with E-state index in [0.717, 1.165) is 10.6 Å². The predicted molar refractivity (Wildman–Crippen MR) is 108 cm³/mol. The second-order valence-corrected chi connectivity index (χ2v) is 7.37. The number of ether oxygens (including phenoxy) is 2. The number of hydrogen-bond acceptors (Lipinski definition) is 6. The van der Waals surface area contributed by atoms with Crippen molar-refractivity contribution in [1.29, 1.82) is 0 Å². The summed E-state index contributed by atoms with van der Waals surface area (Å²) in [6.45, 7) is 5.43. The molecule has 0 fully saturated rings. The summed E-state index contributed by atoms with van der Waals surface area (Å²) in [5.74, 6) is -1.00. The summed E-state index contributed by atoms with van der Waals surface area (Å²) in [5, 5.41) is 3.33. The first-order chi connectivity index (χ1) is 13.4. The molecule has 0 bridgehead atoms. The Balaban J connectivity index is 1.70. The second-order valence-electron chi connectivity index (χ2n) is 6.07. The number of aromatic amines is 1. The van der Waals surface area contributed by atoms with Crippen LogP contribution in [0.3, 0.4) is 0 Å². The average molecular weight is 419 g/mol. The van der Waals surface area contributed by atoms with E-state index >= 15 is 0 Å². The van der Waals surface area contributed by atoms with E-state index in [4.69, 9.17) is 21.1 Å². The fourth-order valence-corrected chi connectivity index (χ4v) is 3.71. The van der Waals surface area contributed by atoms with Crippen molar-refractivity contribution in [2.24, 2.45) is 0 Å². The third-order valence-corrected chi connectivity index (χ3v) is 5.31. The third-order valence-electron chi connectivity index (χ3n) is 4.12. The van der Waals surface area contributed by atoms with Crippen LogP contribution in [-0.4, -0.2) is 28.5 Å². The van der Waals surface area contributed by atoms with Crippen molar-refractivity contribution in [3.63, 3.8) is 0 Å². The number of nitrogens with zero attached hydrogens (tertiary/aromatic N) is 1. The van der Waals surface area contributed by atoms with Crippen molar-refractivity contribution in [3.8, 4) is 10.6 Å². The highest BCUT2D eigenvalue weighted by Gasteiger charge is 2.24. The molecule has 0 aliphatic carbocycles. The Hall–Kier alpha value is -2.64. The summed E-state index contributed by atoms with van der Waals surface area (Å²) in [5.41, 5.74) is 3.29. The lowest BCUT2D eigenvalue weighted by molar-refractivity contribution is 0.0467. The monoisotopic (exact) mass is 418 g/mol. The average Bonchev–Trinajstić information content (AvgIpc) is 3.25. The first-order valence-corrected chi connectivity index (χ1v) is 9.90. The van der Waals surface area contributed by atoms with Gasteiger partial charge in [-0.05, 0) is 38.5 Å². The summed E-state index contributed by atoms with van der Waals surface area (Å²) in [6.07, 6.45) is 0. The highest BCUT2D eigenvalue weighted by molar-refractivity contribution is 7.13. The van der Waals surface area contributed by atoms with E-state index < -0.39 is 11.9 Å². The van der Waals surface area contributed by atoms with E-state index in [1.807, 2.05) is 17.5 Å². The molecule has 0 saturated heterocycles. The van der Waals surface area contributed by atoms with Crippen LogP contribution in [0.4, 0.5) is 0 Å². The van der Waals surface area contributed by atoms with Crippen molar-refractivity contribution in [3.05, 3.63) is 62.9 Å². The number of carbonyl (C=O) groups is 2. The molecule has 0 radical (unpaired) electrons. The van der Waals surface area contributed by atoms with Crippen LogP contribution in [0.25, 0.3) is 10.6 Å². The van der Waals surface area contributed by atoms with Gasteiger partial charge in [0, 0.05) is 21.7 Å². The Kier molecular flexibility index (Phi) is 6.16. The molecule has 6 nitrogen and oxygen atoms in total. The number of rotatable bonds is 6. The van der Waals surface area contributed by atoms with Gasteiger partial charge in [0.1, 0.15) is 17.3 Å². The Morgan fingerprint density at radius 1 is 1.14 bits per heavy atom. The van der Waals surface area contributed by atoms with Gasteiger partial charge >= 0.3 is 11.9 Å². The molecule has 28 heavy (non-hydrogen) atoms. The van der Waals surface area contributed by atoms with Crippen LogP contribution in [-0.2, 0) is 16.1 Å². The molecule has 2 aromatic heterocycles. The Morgan fingerprint density at radius 3 is 2.54 bits per heavy atom. The summed E-state index contributed by atoms with van der Waals surface area (Å²) >= 11 is 7.37. The molecule has 1 N–H and O–H groups in total. The highest BCUT2D eigenvalue weighted by Crippen LogP contribution is 2.26. The third kappa shape index (κ3) is 4.26. The van der Waals surface area contributed by atoms with Crippen LogP contribution < -0.4 is 0 Å². The number of hydrogen-bond donors (Lipinski definition) is 1. The van der Waals surface area contributed by atoms with Gasteiger partial charge in [0.05, 0.1) is 17.9 Å². The zero-order valence-corrected chi connectivity index (χ0v) is 17.2. The fraction of sp³-hybridized carbons (Fsp3) is 0.250. The maximum absolute atomic E-state index is 12.5. The van der Waals surface area contributed by atoms with E-state index in [1.54, 1.807) is 32.9 Å². The van der Waals surface area contributed by atoms with Gasteiger partial charge < -0.3 is 14.5 Å². The van der Waals surface area contributed by atoms with Crippen LogP contribution in [0, 0.1) is 13.8 Å². The van der Waals surface area contributed by atoms with E-state index in [0.29, 0.717) is 27.5 Å². The first-order valence-electron chi connectivity index (χ1n) is 8.64. The van der Waals surface area contributed by atoms with Gasteiger partial charge in [-0.3, -0.25) is 0 Å². The topological polar surface area (TPSA) is 81.3 Å². The first kappa shape index (κ1) is 20.1. The Labute approximate surface area is 171 Å². The van der Waals surface area contributed by atoms with Gasteiger partial charge in [-0.25, -0.2) is 14.6 Å². The summed E-state index contributed by atoms with van der Waals surface area (Å²) in [4.78, 5) is 31.9. The minimum Gasteiger partial charge on any atom is -0.461 e. The molecule has 0 aliphatic heterocycles. The number of aromatic nitrogens is 2. The number of halogens is 1. The van der Waals surface area contributed by atoms with E-state index in [2.05, 4.69) is 9.97 Å². The van der Waals surface area contributed by atoms with Crippen LogP contribution in [0.15, 0.2) is 29.6 Å². The maximum atomic E-state index is 12.5. The van der Waals surface area contributed by atoms with Gasteiger partial charge in [-0.2, -0.15) is 0 Å². The van der Waals surface area contributed by atoms with Crippen molar-refractivity contribution in [2.75, 3.05) is 6.61 Å². The number of esters is 2. The molecule has 3 rings (SSSR count). The number of benzene rings is 1. The summed E-state index contributed by atoms with van der Waals surface area (Å²) in [7, 11) is 0. The maximum Gasteiger partial charge on any atom is 0.355 e. The second kappa shape index (κ2) is 8.58. The lowest BCUT2D eigenvalue weighted by atomic mass is 10.1. The summed E-state index contributed by atoms with van der Waals surface area (Å²) < 4.78 is 10.4. The van der Waals surface area contributed by atoms with Crippen molar-refractivity contribution >= 4 is 34.9 Å². The Bertz CT molecular complexity index is 1010. The zero-order valence-electron chi connectivity index (χ0n) is 15.7. The van der Waals surface area contributed by atoms with Crippen LogP contribution in [0.1, 0.15) is 44.7 Å². The lowest BCUT2D eigenvalue weighted by Gasteiger charge is -2.04. The van der Waals surface area contributed by atoms with Gasteiger partial charge in [0.25, 0.3) is 0 Å². The van der Waals surface area contributed by atoms with Gasteiger partial charge in [-0.1, -0.05) is 23.7 Å². The molecule has 0 spiro atoms. The molecule has 1 aromatic carbocycles. The molecular formula is C20H19ClN2O4S. The van der Waals surface area contributed by atoms with Crippen molar-refractivity contribution in [2.45, 2.75) is 27.4 Å². The number of H-pyrrole nitrogens is 1. The zero-order chi connectivity index (χ0) is 20.3. The molecule has 0 aliphatic rings. The van der Waals surface area contributed by atoms with Crippen LogP contribution in [0.2, 0.25) is 5.02 Å². The predicted octanol–water partition coefficient (Wildman–Crippen LogP) is 4.94. The molecule has 0 unspecified atom stereocenters. The number of aryl methyl sites for hydroxylation is 1. The molecule has 146 valence electrons. The molecule has 0 amide bonds. The van der Waals surface area contributed by atoms with Gasteiger partial charge in [0.2, 0.25) is 0 Å². The van der Waals surface area contributed by atoms with Gasteiger partial charge in [0.15, 0.2) is 0 Å². The van der Waals surface area contributed by atoms with E-state index in [1.165, 1.54) is 11.3 Å². The molecule has 0 saturated carbocycles. The lowest BCUT2D eigenvalue weighted by Crippen LogP contribution is -2.09. The number of nitrogens with one attached hydrogen (secondary N) is 1. The van der Waals surface area contributed by atoms with Crippen LogP contribution >= 0.6 is 22.9 Å². The van der Waals surface area contributed by atoms with E-state index in [9.17, 15) is 9.59 Å². The molecule has 8 heteroatoms. The summed E-state index contributed by atoms with van der Waals surface area (Å²) in [6, 6.07) is 7.38. The minimum absolute atomic E-state index is 0.0434. The fourth-order valence-electron chi connectivity index (χ4n) is 2.77. The highest BCUT2D eigenvalue weighted by atomic mass is 35.5. The standard InChI is InChI=1S/C20H19ClN2O4S/c1-4-26-20(25)17-11(2)16(12(3)22-17)19(24)27-9-15-10-28-18(23-15)13-5-7-14(21)8-6-13/h5-8,10,22H,4,9H2,1-3H3. The van der Waals surface area contributed by atoms with Crippen molar-refractivity contribution < 1.29 is 19.1 Å². The Morgan fingerprint density at radius 2 is 1.86 bits per heavy atom. The normalized spacial score (nSPS) is 10.7. The molecule has 2 heterocycles. The largest absolute Gasteiger partial charge is 0.461 e. The number of thiazole rings is 1. The van der Waals surface area contributed by atoms with Gasteiger partial charge in [-0.15, -0.1) is 11.3 Å². The quantitative estimate of drug-likeness (QED) is 0.573. The van der Waals surface area contributed by atoms with Crippen LogP contribution in [0.5, 0.6) is 0 Å². The van der Waals surface area contributed by atoms with Crippen molar-refractivity contribution in [1.82, 2.24) is 9.97 Å². The minimum atomic E-state index is -0.511. The molecule has 0 atom stereocenters. The van der Waals surface area contributed by atoms with E-state index in [-0.39, 0.29) is 18.9 Å².